The van der Waals surface area contributed by atoms with Crippen LogP contribution in [-0.2, 0) is 6.54 Å². The van der Waals surface area contributed by atoms with Gasteiger partial charge < -0.3 is 20.3 Å². The lowest BCUT2D eigenvalue weighted by Crippen LogP contribution is -2.31. The molecule has 4 aromatic rings. The Morgan fingerprint density at radius 2 is 1.97 bits per heavy atom. The third-order valence-electron chi connectivity index (χ3n) is 6.88. The van der Waals surface area contributed by atoms with Crippen molar-refractivity contribution in [3.63, 3.8) is 0 Å². The second-order valence-corrected chi connectivity index (χ2v) is 9.47. The Balaban J connectivity index is 1.41. The van der Waals surface area contributed by atoms with E-state index in [1.54, 1.807) is 19.2 Å². The van der Waals surface area contributed by atoms with Gasteiger partial charge in [-0.25, -0.2) is 9.37 Å². The molecule has 188 valence electrons. The monoisotopic (exact) mass is 489 g/mol. The van der Waals surface area contributed by atoms with Gasteiger partial charge in [-0.3, -0.25) is 4.98 Å². The molecule has 36 heavy (non-hydrogen) atoms. The number of rotatable bonds is 9. The van der Waals surface area contributed by atoms with Gasteiger partial charge in [0.2, 0.25) is 5.95 Å². The summed E-state index contributed by atoms with van der Waals surface area (Å²) in [7, 11) is 0. The minimum Gasteiger partial charge on any atom is -0.391 e. The van der Waals surface area contributed by atoms with Crippen LogP contribution in [0.4, 0.5) is 16.2 Å². The number of imidazole rings is 1. The van der Waals surface area contributed by atoms with Crippen molar-refractivity contribution in [3.05, 3.63) is 60.3 Å². The molecule has 3 aromatic heterocycles. The molecule has 1 fully saturated rings. The SMILES string of the molecule is CCC(Nc1nc(NCc2ccc(-c3cccc(F)c3)nc2)c2ncn(C3CCCC3)c2n1)C(C)O. The third-order valence-corrected chi connectivity index (χ3v) is 6.88. The molecular weight excluding hydrogens is 457 g/mol. The van der Waals surface area contributed by atoms with Gasteiger partial charge in [0, 0.05) is 24.3 Å². The van der Waals surface area contributed by atoms with Gasteiger partial charge in [-0.15, -0.1) is 0 Å². The Morgan fingerprint density at radius 1 is 1.14 bits per heavy atom. The summed E-state index contributed by atoms with van der Waals surface area (Å²) in [6, 6.07) is 10.5. The van der Waals surface area contributed by atoms with E-state index < -0.39 is 6.10 Å². The molecule has 1 aliphatic rings. The van der Waals surface area contributed by atoms with Crippen LogP contribution in [0.2, 0.25) is 0 Å². The summed E-state index contributed by atoms with van der Waals surface area (Å²) in [6.45, 7) is 4.28. The van der Waals surface area contributed by atoms with Gasteiger partial charge >= 0.3 is 0 Å². The van der Waals surface area contributed by atoms with E-state index in [4.69, 9.17) is 9.97 Å². The van der Waals surface area contributed by atoms with E-state index >= 15 is 0 Å². The van der Waals surface area contributed by atoms with E-state index in [1.165, 1.54) is 25.0 Å². The number of halogens is 1. The highest BCUT2D eigenvalue weighted by atomic mass is 19.1. The molecule has 0 radical (unpaired) electrons. The maximum atomic E-state index is 13.6. The minimum absolute atomic E-state index is 0.155. The van der Waals surface area contributed by atoms with Crippen molar-refractivity contribution >= 4 is 22.9 Å². The Hall–Kier alpha value is -3.59. The first-order valence-corrected chi connectivity index (χ1v) is 12.7. The maximum absolute atomic E-state index is 13.6. The zero-order valence-corrected chi connectivity index (χ0v) is 20.7. The van der Waals surface area contributed by atoms with Gasteiger partial charge in [0.15, 0.2) is 17.0 Å². The summed E-state index contributed by atoms with van der Waals surface area (Å²) in [6.07, 6.45) is 8.52. The Kier molecular flexibility index (Phi) is 7.09. The first-order chi connectivity index (χ1) is 17.5. The normalized spacial score (nSPS) is 15.8. The number of fused-ring (bicyclic) bond motifs is 1. The largest absolute Gasteiger partial charge is 0.391 e. The minimum atomic E-state index is -0.534. The molecule has 9 heteroatoms. The van der Waals surface area contributed by atoms with Crippen molar-refractivity contribution in [1.82, 2.24) is 24.5 Å². The molecule has 1 aliphatic carbocycles. The predicted octanol–water partition coefficient (Wildman–Crippen LogP) is 5.33. The Bertz CT molecular complexity index is 1320. The Labute approximate surface area is 210 Å². The average Bonchev–Trinajstić information content (AvgIpc) is 3.56. The number of aromatic nitrogens is 5. The van der Waals surface area contributed by atoms with E-state index in [0.717, 1.165) is 41.6 Å². The zero-order valence-electron chi connectivity index (χ0n) is 20.7. The molecule has 2 atom stereocenters. The molecular formula is C27H32FN7O. The van der Waals surface area contributed by atoms with Crippen LogP contribution in [-0.4, -0.2) is 41.8 Å². The second kappa shape index (κ2) is 10.6. The molecule has 0 saturated heterocycles. The van der Waals surface area contributed by atoms with Crippen molar-refractivity contribution in [3.8, 4) is 11.3 Å². The van der Waals surface area contributed by atoms with Crippen LogP contribution in [0.25, 0.3) is 22.4 Å². The third kappa shape index (κ3) is 5.16. The number of nitrogens with one attached hydrogen (secondary N) is 2. The van der Waals surface area contributed by atoms with Crippen LogP contribution < -0.4 is 10.6 Å². The van der Waals surface area contributed by atoms with Crippen molar-refractivity contribution in [2.45, 2.75) is 70.7 Å². The molecule has 0 bridgehead atoms. The molecule has 2 unspecified atom stereocenters. The highest BCUT2D eigenvalue weighted by Crippen LogP contribution is 2.33. The predicted molar refractivity (Wildman–Crippen MR) is 139 cm³/mol. The quantitative estimate of drug-likeness (QED) is 0.292. The van der Waals surface area contributed by atoms with Gasteiger partial charge in [0.25, 0.3) is 0 Å². The van der Waals surface area contributed by atoms with Gasteiger partial charge in [0.05, 0.1) is 24.2 Å². The van der Waals surface area contributed by atoms with E-state index in [9.17, 15) is 9.50 Å². The number of nitrogens with zero attached hydrogens (tertiary/aromatic N) is 5. The van der Waals surface area contributed by atoms with E-state index in [2.05, 4.69) is 25.2 Å². The van der Waals surface area contributed by atoms with Crippen LogP contribution in [0.5, 0.6) is 0 Å². The molecule has 5 rings (SSSR count). The van der Waals surface area contributed by atoms with Crippen molar-refractivity contribution < 1.29 is 9.50 Å². The van der Waals surface area contributed by atoms with Crippen LogP contribution >= 0.6 is 0 Å². The van der Waals surface area contributed by atoms with Crippen molar-refractivity contribution in [1.29, 1.82) is 0 Å². The molecule has 3 N–H and O–H groups in total. The molecule has 1 aromatic carbocycles. The van der Waals surface area contributed by atoms with Crippen LogP contribution in [0, 0.1) is 5.82 Å². The number of anilines is 2. The maximum Gasteiger partial charge on any atom is 0.227 e. The molecule has 0 spiro atoms. The highest BCUT2D eigenvalue weighted by molar-refractivity contribution is 5.84. The number of aliphatic hydroxyl groups is 1. The van der Waals surface area contributed by atoms with Crippen molar-refractivity contribution in [2.75, 3.05) is 10.6 Å². The summed E-state index contributed by atoms with van der Waals surface area (Å²) in [5.74, 6) is 0.821. The lowest BCUT2D eigenvalue weighted by atomic mass is 10.1. The number of benzene rings is 1. The number of pyridine rings is 1. The summed E-state index contributed by atoms with van der Waals surface area (Å²) in [4.78, 5) is 18.7. The van der Waals surface area contributed by atoms with Crippen LogP contribution in [0.15, 0.2) is 48.9 Å². The Morgan fingerprint density at radius 3 is 2.67 bits per heavy atom. The molecule has 0 aliphatic heterocycles. The highest BCUT2D eigenvalue weighted by Gasteiger charge is 2.23. The fourth-order valence-corrected chi connectivity index (χ4v) is 4.82. The average molecular weight is 490 g/mol. The van der Waals surface area contributed by atoms with Gasteiger partial charge in [-0.2, -0.15) is 9.97 Å². The summed E-state index contributed by atoms with van der Waals surface area (Å²) in [5, 5.41) is 16.8. The topological polar surface area (TPSA) is 101 Å². The zero-order chi connectivity index (χ0) is 25.1. The molecule has 1 saturated carbocycles. The van der Waals surface area contributed by atoms with E-state index in [0.29, 0.717) is 30.0 Å². The lowest BCUT2D eigenvalue weighted by molar-refractivity contribution is 0.169. The number of hydrogen-bond acceptors (Lipinski definition) is 7. The van der Waals surface area contributed by atoms with Crippen LogP contribution in [0.1, 0.15) is 57.6 Å². The summed E-state index contributed by atoms with van der Waals surface area (Å²) < 4.78 is 15.7. The first kappa shape index (κ1) is 24.1. The summed E-state index contributed by atoms with van der Waals surface area (Å²) in [5.41, 5.74) is 3.93. The number of aliphatic hydroxyl groups excluding tert-OH is 1. The number of hydrogen-bond donors (Lipinski definition) is 3. The van der Waals surface area contributed by atoms with Gasteiger partial charge in [0.1, 0.15) is 5.82 Å². The second-order valence-electron chi connectivity index (χ2n) is 9.47. The van der Waals surface area contributed by atoms with E-state index in [1.807, 2.05) is 31.5 Å². The van der Waals surface area contributed by atoms with Gasteiger partial charge in [-0.05, 0) is 49.9 Å². The molecule has 3 heterocycles. The lowest BCUT2D eigenvalue weighted by Gasteiger charge is -2.20. The first-order valence-electron chi connectivity index (χ1n) is 12.7. The van der Waals surface area contributed by atoms with Crippen molar-refractivity contribution in [2.24, 2.45) is 0 Å². The summed E-state index contributed by atoms with van der Waals surface area (Å²) >= 11 is 0. The standard InChI is InChI=1S/C27H32FN7O/c1-3-22(17(2)36)32-27-33-25(24-26(34-27)35(16-31-24)21-9-4-5-10-21)30-15-18-11-12-23(29-14-18)19-7-6-8-20(28)13-19/h6-8,11-14,16-17,21-22,36H,3-5,9-10,15H2,1-2H3,(H2,30,32,33,34). The van der Waals surface area contributed by atoms with Crippen LogP contribution in [0.3, 0.4) is 0 Å². The van der Waals surface area contributed by atoms with Gasteiger partial charge in [-0.1, -0.05) is 38.0 Å². The fourth-order valence-electron chi connectivity index (χ4n) is 4.82. The fraction of sp³-hybridized carbons (Fsp3) is 0.407. The smallest absolute Gasteiger partial charge is 0.227 e. The molecule has 0 amide bonds. The van der Waals surface area contributed by atoms with E-state index in [-0.39, 0.29) is 11.9 Å². The molecule has 8 nitrogen and oxygen atoms in total.